The summed E-state index contributed by atoms with van der Waals surface area (Å²) in [4.78, 5) is 50.3. The van der Waals surface area contributed by atoms with Crippen molar-refractivity contribution in [3.63, 3.8) is 0 Å². The van der Waals surface area contributed by atoms with Gasteiger partial charge >= 0.3 is 5.97 Å². The van der Waals surface area contributed by atoms with Gasteiger partial charge in [-0.1, -0.05) is 43.2 Å². The molecule has 2 amide bonds. The molecule has 2 aliphatic rings. The average molecular weight is 343 g/mol. The summed E-state index contributed by atoms with van der Waals surface area (Å²) in [5, 5.41) is 0. The Morgan fingerprint density at radius 2 is 1.64 bits per heavy atom. The van der Waals surface area contributed by atoms with Crippen molar-refractivity contribution in [3.05, 3.63) is 35.9 Å². The highest BCUT2D eigenvalue weighted by molar-refractivity contribution is 6.08. The van der Waals surface area contributed by atoms with Gasteiger partial charge in [0.15, 0.2) is 12.4 Å². The number of likely N-dealkylation sites (tertiary alicyclic amines) is 1. The molecule has 1 aliphatic carbocycles. The molecule has 1 aromatic rings. The Bertz CT molecular complexity index is 675. The monoisotopic (exact) mass is 343 g/mol. The van der Waals surface area contributed by atoms with Gasteiger partial charge in [0.25, 0.3) is 0 Å². The number of amides is 2. The molecule has 1 aliphatic heterocycles. The number of ketones is 1. The molecule has 1 saturated carbocycles. The third-order valence-electron chi connectivity index (χ3n) is 5.04. The minimum Gasteiger partial charge on any atom is -0.456 e. The lowest BCUT2D eigenvalue weighted by atomic mass is 9.81. The molecule has 0 unspecified atom stereocenters. The molecular weight excluding hydrogens is 322 g/mol. The van der Waals surface area contributed by atoms with Crippen LogP contribution in [0.5, 0.6) is 0 Å². The topological polar surface area (TPSA) is 80.8 Å². The van der Waals surface area contributed by atoms with Crippen molar-refractivity contribution >= 4 is 23.6 Å². The second kappa shape index (κ2) is 7.17. The van der Waals surface area contributed by atoms with Gasteiger partial charge in [-0.25, -0.2) is 4.79 Å². The fourth-order valence-electron chi connectivity index (χ4n) is 3.64. The van der Waals surface area contributed by atoms with Crippen LogP contribution < -0.4 is 0 Å². The number of ether oxygens (including phenoxy) is 1. The predicted octanol–water partition coefficient (Wildman–Crippen LogP) is 1.98. The molecule has 1 heterocycles. The molecule has 0 spiro atoms. The van der Waals surface area contributed by atoms with Crippen molar-refractivity contribution in [2.75, 3.05) is 6.61 Å². The normalized spacial score (nSPS) is 24.0. The SMILES string of the molecule is C[C@@H](C(=O)OCC(=O)c1ccccc1)N1C(=O)[C@@H]2CCCC[C@H]2C1=O. The number of esters is 1. The van der Waals surface area contributed by atoms with Crippen LogP contribution in [0, 0.1) is 11.8 Å². The van der Waals surface area contributed by atoms with Gasteiger partial charge in [0.2, 0.25) is 11.8 Å². The van der Waals surface area contributed by atoms with E-state index in [2.05, 4.69) is 0 Å². The summed E-state index contributed by atoms with van der Waals surface area (Å²) in [5.41, 5.74) is 0.447. The molecule has 0 N–H and O–H groups in total. The van der Waals surface area contributed by atoms with Crippen LogP contribution in [0.4, 0.5) is 0 Å². The highest BCUT2D eigenvalue weighted by Crippen LogP contribution is 2.38. The van der Waals surface area contributed by atoms with Gasteiger partial charge < -0.3 is 4.74 Å². The molecule has 0 radical (unpaired) electrons. The minimum atomic E-state index is -1.01. The Morgan fingerprint density at radius 3 is 2.20 bits per heavy atom. The molecule has 3 atom stereocenters. The van der Waals surface area contributed by atoms with Crippen LogP contribution in [0.25, 0.3) is 0 Å². The Morgan fingerprint density at radius 1 is 1.08 bits per heavy atom. The van der Waals surface area contributed by atoms with Crippen LogP contribution in [-0.2, 0) is 19.1 Å². The Labute approximate surface area is 146 Å². The van der Waals surface area contributed by atoms with E-state index in [1.807, 2.05) is 0 Å². The first-order chi connectivity index (χ1) is 12.0. The van der Waals surface area contributed by atoms with Crippen molar-refractivity contribution in [2.45, 2.75) is 38.6 Å². The van der Waals surface area contributed by atoms with E-state index in [1.165, 1.54) is 6.92 Å². The molecule has 0 bridgehead atoms. The van der Waals surface area contributed by atoms with Gasteiger partial charge in [0.05, 0.1) is 11.8 Å². The highest BCUT2D eigenvalue weighted by atomic mass is 16.5. The lowest BCUT2D eigenvalue weighted by Gasteiger charge is -2.21. The second-order valence-electron chi connectivity index (χ2n) is 6.62. The van der Waals surface area contributed by atoms with Gasteiger partial charge in [0.1, 0.15) is 6.04 Å². The van der Waals surface area contributed by atoms with Crippen molar-refractivity contribution in [1.29, 1.82) is 0 Å². The van der Waals surface area contributed by atoms with Crippen molar-refractivity contribution in [3.8, 4) is 0 Å². The van der Waals surface area contributed by atoms with Crippen LogP contribution >= 0.6 is 0 Å². The zero-order valence-corrected chi connectivity index (χ0v) is 14.1. The van der Waals surface area contributed by atoms with Crippen LogP contribution in [0.2, 0.25) is 0 Å². The van der Waals surface area contributed by atoms with Gasteiger partial charge in [-0.2, -0.15) is 0 Å². The molecule has 1 saturated heterocycles. The molecule has 1 aromatic carbocycles. The first-order valence-corrected chi connectivity index (χ1v) is 8.62. The smallest absolute Gasteiger partial charge is 0.329 e. The van der Waals surface area contributed by atoms with Crippen molar-refractivity contribution < 1.29 is 23.9 Å². The fraction of sp³-hybridized carbons (Fsp3) is 0.474. The van der Waals surface area contributed by atoms with Gasteiger partial charge in [-0.3, -0.25) is 19.3 Å². The van der Waals surface area contributed by atoms with E-state index in [0.29, 0.717) is 18.4 Å². The first kappa shape index (κ1) is 17.3. The molecule has 132 valence electrons. The Balaban J connectivity index is 1.61. The number of carbonyl (C=O) groups is 4. The van der Waals surface area contributed by atoms with E-state index in [0.717, 1.165) is 17.7 Å². The molecule has 2 fully saturated rings. The summed E-state index contributed by atoms with van der Waals surface area (Å²) in [5.74, 6) is -2.23. The number of carbonyl (C=O) groups excluding carboxylic acids is 4. The maximum Gasteiger partial charge on any atom is 0.329 e. The second-order valence-corrected chi connectivity index (χ2v) is 6.62. The molecule has 6 nitrogen and oxygen atoms in total. The first-order valence-electron chi connectivity index (χ1n) is 8.62. The van der Waals surface area contributed by atoms with Crippen molar-refractivity contribution in [2.24, 2.45) is 11.8 Å². The van der Waals surface area contributed by atoms with Gasteiger partial charge in [0, 0.05) is 5.56 Å². The van der Waals surface area contributed by atoms with Crippen LogP contribution in [-0.4, -0.2) is 41.1 Å². The largest absolute Gasteiger partial charge is 0.456 e. The van der Waals surface area contributed by atoms with E-state index in [1.54, 1.807) is 30.3 Å². The number of benzene rings is 1. The minimum absolute atomic E-state index is 0.284. The van der Waals surface area contributed by atoms with E-state index in [9.17, 15) is 19.2 Å². The van der Waals surface area contributed by atoms with E-state index in [-0.39, 0.29) is 29.4 Å². The zero-order valence-electron chi connectivity index (χ0n) is 14.1. The summed E-state index contributed by atoms with van der Waals surface area (Å²) in [7, 11) is 0. The summed E-state index contributed by atoms with van der Waals surface area (Å²) in [6.45, 7) is 1.07. The summed E-state index contributed by atoms with van der Waals surface area (Å²) in [6, 6.07) is 7.50. The summed E-state index contributed by atoms with van der Waals surface area (Å²) in [6.07, 6.45) is 3.25. The van der Waals surface area contributed by atoms with Crippen LogP contribution in [0.15, 0.2) is 30.3 Å². The average Bonchev–Trinajstić information content (AvgIpc) is 2.90. The summed E-state index contributed by atoms with van der Waals surface area (Å²) >= 11 is 0. The van der Waals surface area contributed by atoms with E-state index < -0.39 is 18.6 Å². The predicted molar refractivity (Wildman–Crippen MR) is 88.5 cm³/mol. The molecule has 0 aromatic heterocycles. The highest BCUT2D eigenvalue weighted by Gasteiger charge is 2.51. The number of hydrogen-bond donors (Lipinski definition) is 0. The number of hydrogen-bond acceptors (Lipinski definition) is 5. The van der Waals surface area contributed by atoms with Gasteiger partial charge in [-0.15, -0.1) is 0 Å². The molecule has 3 rings (SSSR count). The van der Waals surface area contributed by atoms with E-state index in [4.69, 9.17) is 4.74 Å². The molecule has 25 heavy (non-hydrogen) atoms. The third-order valence-corrected chi connectivity index (χ3v) is 5.04. The Hall–Kier alpha value is -2.50. The number of Topliss-reactive ketones (excluding diaryl/α,β-unsaturated/α-hetero) is 1. The fourth-order valence-corrected chi connectivity index (χ4v) is 3.64. The number of rotatable bonds is 5. The van der Waals surface area contributed by atoms with E-state index >= 15 is 0 Å². The van der Waals surface area contributed by atoms with Crippen LogP contribution in [0.3, 0.4) is 0 Å². The maximum atomic E-state index is 12.5. The zero-order chi connectivity index (χ0) is 18.0. The summed E-state index contributed by atoms with van der Waals surface area (Å²) < 4.78 is 5.05. The lowest BCUT2D eigenvalue weighted by molar-refractivity contribution is -0.157. The maximum absolute atomic E-state index is 12.5. The van der Waals surface area contributed by atoms with Crippen LogP contribution in [0.1, 0.15) is 43.0 Å². The molecule has 6 heteroatoms. The van der Waals surface area contributed by atoms with Crippen molar-refractivity contribution in [1.82, 2.24) is 4.90 Å². The number of fused-ring (bicyclic) bond motifs is 1. The number of nitrogens with zero attached hydrogens (tertiary/aromatic N) is 1. The van der Waals surface area contributed by atoms with Gasteiger partial charge in [-0.05, 0) is 19.8 Å². The molecular formula is C19H21NO5. The lowest BCUT2D eigenvalue weighted by Crippen LogP contribution is -2.44. The Kier molecular flexibility index (Phi) is 4.97. The standard InChI is InChI=1S/C19H21NO5/c1-12(19(24)25-11-16(21)13-7-3-2-4-8-13)20-17(22)14-9-5-6-10-15(14)18(20)23/h2-4,7-8,12,14-15H,5-6,9-11H2,1H3/t12-,14+,15+/m0/s1. The quantitative estimate of drug-likeness (QED) is 0.464. The number of imide groups is 1. The third kappa shape index (κ3) is 3.34.